The van der Waals surface area contributed by atoms with Crippen LogP contribution in [0.3, 0.4) is 0 Å². The molecule has 15 heteroatoms. The zero-order chi connectivity index (χ0) is 82.1. The molecule has 0 fully saturated rings. The summed E-state index contributed by atoms with van der Waals surface area (Å²) in [5.74, 6) is 5.17. The number of carbonyl (C=O) groups is 1. The first-order valence-corrected chi connectivity index (χ1v) is 40.3. The number of pyridine rings is 4. The average molecular weight is 1450 g/mol. The first-order valence-electron chi connectivity index (χ1n) is 40.3. The van der Waals surface area contributed by atoms with Crippen molar-refractivity contribution in [1.29, 1.82) is 0 Å². The molecule has 0 unspecified atom stereocenters. The van der Waals surface area contributed by atoms with Gasteiger partial charge in [0.1, 0.15) is 6.54 Å². The van der Waals surface area contributed by atoms with Gasteiger partial charge < -0.3 is 10.6 Å². The summed E-state index contributed by atoms with van der Waals surface area (Å²) in [7, 11) is 0. The Morgan fingerprint density at radius 3 is 1.20 bits per heavy atom. The Hall–Kier alpha value is -7.91. The summed E-state index contributed by atoms with van der Waals surface area (Å²) in [6.07, 6.45) is 18.5. The monoisotopic (exact) mass is 1450 g/mol. The molecule has 105 heavy (non-hydrogen) atoms. The van der Waals surface area contributed by atoms with Crippen LogP contribution in [0.15, 0.2) is 159 Å². The number of aromatic amines is 3. The Morgan fingerprint density at radius 2 is 0.857 bits per heavy atom. The van der Waals surface area contributed by atoms with E-state index in [-0.39, 0.29) is 5.91 Å². The molecule has 1 amide bonds. The third kappa shape index (κ3) is 56.1. The van der Waals surface area contributed by atoms with Crippen LogP contribution in [0, 0.1) is 0 Å². The van der Waals surface area contributed by atoms with Crippen molar-refractivity contribution in [2.75, 3.05) is 13.1 Å². The highest BCUT2D eigenvalue weighted by atomic mass is 16.2. The van der Waals surface area contributed by atoms with Gasteiger partial charge in [0.2, 0.25) is 5.91 Å². The minimum absolute atomic E-state index is 0.0576. The first kappa shape index (κ1) is 110. The molecule has 10 heterocycles. The summed E-state index contributed by atoms with van der Waals surface area (Å²) in [6, 6.07) is 35.2. The maximum absolute atomic E-state index is 11.3. The minimum atomic E-state index is 0.0576. The standard InChI is InChI=1S/C11H16N2.C10H15N3O.C9H12.3C8H11N.3C6H10N2.9C2H6/c1-8(2)10-4-3-9-5-6-12-7-11(9)13-10;1-7(2)9-5-8-3-4-11-10(14)6-13(8)12-9;1-8(2)9-6-4-3-5-7-9;1-7(2)8-3-5-9-6-4-8;1-7(2)8-4-3-5-9-6-8;1-7(2)8-5-3-4-6-9-8;1-5(2)6-3-7-8-4-6;2*1-5(2)6-3-4-7-8-6;9*1-2/h3-4,8,12H,5-7H2,1-2H3;5,7H,3-4,6H2,1-2H3,(H,11,14);3-8H,1-2H3;3*3-7H,1-2H3;3*3-5H,1-2H3,(H,7,8);9*1-2H3. The van der Waals surface area contributed by atoms with Gasteiger partial charge in [-0.1, -0.05) is 298 Å². The second-order valence-corrected chi connectivity index (χ2v) is 24.3. The molecule has 596 valence electrons. The second kappa shape index (κ2) is 77.2. The van der Waals surface area contributed by atoms with Gasteiger partial charge in [-0.15, -0.1) is 0 Å². The molecule has 5 N–H and O–H groups in total. The van der Waals surface area contributed by atoms with Crippen LogP contribution in [0.25, 0.3) is 0 Å². The fourth-order valence-corrected chi connectivity index (χ4v) is 8.07. The number of hydrogen-bond donors (Lipinski definition) is 5. The zero-order valence-electron chi connectivity index (χ0n) is 73.9. The van der Waals surface area contributed by atoms with E-state index in [1.165, 1.54) is 50.6 Å². The molecule has 8 aromatic heterocycles. The summed E-state index contributed by atoms with van der Waals surface area (Å²) in [5, 5.41) is 30.6. The lowest BCUT2D eigenvalue weighted by atomic mass is 10.0. The van der Waals surface area contributed by atoms with Crippen LogP contribution in [0.1, 0.15) is 370 Å². The maximum atomic E-state index is 11.3. The number of hydrogen-bond acceptors (Lipinski definition) is 10. The van der Waals surface area contributed by atoms with E-state index in [4.69, 9.17) is 0 Å². The van der Waals surface area contributed by atoms with Crippen LogP contribution in [0.2, 0.25) is 0 Å². The van der Waals surface area contributed by atoms with Gasteiger partial charge in [-0.25, -0.2) is 0 Å². The molecule has 0 saturated heterocycles. The van der Waals surface area contributed by atoms with Crippen molar-refractivity contribution >= 4 is 5.91 Å². The fourth-order valence-electron chi connectivity index (χ4n) is 8.07. The van der Waals surface area contributed by atoms with Gasteiger partial charge in [0.05, 0.1) is 17.6 Å². The van der Waals surface area contributed by atoms with Crippen LogP contribution in [0.5, 0.6) is 0 Å². The van der Waals surface area contributed by atoms with Gasteiger partial charge in [-0.3, -0.25) is 44.7 Å². The van der Waals surface area contributed by atoms with E-state index < -0.39 is 0 Å². The number of nitrogens with one attached hydrogen (secondary N) is 5. The molecule has 0 radical (unpaired) electrons. The van der Waals surface area contributed by atoms with Gasteiger partial charge >= 0.3 is 0 Å². The fraction of sp³-hybridized carbons (Fsp3) is 0.567. The highest BCUT2D eigenvalue weighted by Crippen LogP contribution is 2.19. The van der Waals surface area contributed by atoms with Crippen LogP contribution in [-0.4, -0.2) is 79.3 Å². The Balaban J connectivity index is -0.000000201. The summed E-state index contributed by atoms with van der Waals surface area (Å²) in [6.45, 7) is 77.9. The maximum Gasteiger partial charge on any atom is 0.241 e. The molecule has 0 spiro atoms. The number of aromatic nitrogens is 12. The molecule has 11 rings (SSSR count). The highest BCUT2D eigenvalue weighted by Gasteiger charge is 2.16. The van der Waals surface area contributed by atoms with E-state index >= 15 is 0 Å². The molecule has 0 atom stereocenters. The molecule has 2 aliphatic heterocycles. The van der Waals surface area contributed by atoms with Crippen molar-refractivity contribution in [2.45, 2.75) is 328 Å². The van der Waals surface area contributed by atoms with E-state index in [0.717, 1.165) is 49.6 Å². The van der Waals surface area contributed by atoms with Gasteiger partial charge in [-0.05, 0) is 149 Å². The van der Waals surface area contributed by atoms with Crippen molar-refractivity contribution in [3.8, 4) is 0 Å². The lowest BCUT2D eigenvalue weighted by Crippen LogP contribution is -2.26. The normalized spacial score (nSPS) is 10.5. The number of amides is 1. The summed E-state index contributed by atoms with van der Waals surface area (Å²) >= 11 is 0. The van der Waals surface area contributed by atoms with Gasteiger partial charge in [0.15, 0.2) is 0 Å². The molecule has 2 aliphatic rings. The van der Waals surface area contributed by atoms with E-state index in [1.54, 1.807) is 18.6 Å². The lowest BCUT2D eigenvalue weighted by Gasteiger charge is -2.17. The Bertz CT molecular complexity index is 2820. The van der Waals surface area contributed by atoms with E-state index in [2.05, 4.69) is 239 Å². The van der Waals surface area contributed by atoms with Crippen LogP contribution >= 0.6 is 0 Å². The van der Waals surface area contributed by atoms with E-state index in [1.807, 2.05) is 221 Å². The zero-order valence-corrected chi connectivity index (χ0v) is 73.9. The molecule has 9 aromatic rings. The summed E-state index contributed by atoms with van der Waals surface area (Å²) in [4.78, 5) is 28.0. The van der Waals surface area contributed by atoms with Crippen LogP contribution in [0.4, 0.5) is 0 Å². The third-order valence-electron chi connectivity index (χ3n) is 14.0. The number of rotatable bonds is 9. The van der Waals surface area contributed by atoms with Crippen molar-refractivity contribution < 1.29 is 4.79 Å². The highest BCUT2D eigenvalue weighted by molar-refractivity contribution is 5.76. The van der Waals surface area contributed by atoms with Crippen molar-refractivity contribution in [3.63, 3.8) is 0 Å². The van der Waals surface area contributed by atoms with Crippen molar-refractivity contribution in [1.82, 2.24) is 70.9 Å². The number of carbonyl (C=O) groups excluding carboxylic acids is 1. The SMILES string of the molecule is CC.CC.CC.CC.CC.CC.CC.CC.CC.CC(C)c1cc2n(n1)CC(=O)NCC2.CC(C)c1ccc2c(n1)CNCC2.CC(C)c1ccccc1.CC(C)c1ccccn1.CC(C)c1cccnc1.CC(C)c1ccn[nH]1.CC(C)c1ccn[nH]1.CC(C)c1ccncc1.CC(C)c1cn[nH]c1. The number of nitrogens with zero attached hydrogens (tertiary/aromatic N) is 9. The predicted molar refractivity (Wildman–Crippen MR) is 462 cm³/mol. The Labute approximate surface area is 646 Å². The quantitative estimate of drug-likeness (QED) is 0.0927. The molecule has 0 saturated carbocycles. The Kier molecular flexibility index (Phi) is 81.2. The Morgan fingerprint density at radius 1 is 0.381 bits per heavy atom. The van der Waals surface area contributed by atoms with Gasteiger partial charge in [0.25, 0.3) is 0 Å². The van der Waals surface area contributed by atoms with Gasteiger partial charge in [-0.2, -0.15) is 20.4 Å². The smallest absolute Gasteiger partial charge is 0.241 e. The molecular weight excluding hydrogens is 1290 g/mol. The van der Waals surface area contributed by atoms with E-state index in [9.17, 15) is 4.79 Å². The van der Waals surface area contributed by atoms with Crippen LogP contribution in [-0.2, 0) is 30.7 Å². The van der Waals surface area contributed by atoms with Crippen molar-refractivity contribution in [2.24, 2.45) is 0 Å². The largest absolute Gasteiger partial charge is 0.354 e. The average Bonchev–Trinajstić information content (AvgIpc) is 1.80. The van der Waals surface area contributed by atoms with Crippen LogP contribution < -0.4 is 10.6 Å². The molecule has 0 aliphatic carbocycles. The third-order valence-corrected chi connectivity index (χ3v) is 14.0. The number of fused-ring (bicyclic) bond motifs is 2. The van der Waals surface area contributed by atoms with E-state index in [0.29, 0.717) is 59.8 Å². The minimum Gasteiger partial charge on any atom is -0.354 e. The summed E-state index contributed by atoms with van der Waals surface area (Å²) < 4.78 is 1.82. The molecule has 0 bridgehead atoms. The number of benzene rings is 1. The number of H-pyrrole nitrogens is 3. The summed E-state index contributed by atoms with van der Waals surface area (Å²) in [5.41, 5.74) is 15.0. The van der Waals surface area contributed by atoms with Crippen molar-refractivity contribution in [3.05, 3.63) is 227 Å². The lowest BCUT2D eigenvalue weighted by molar-refractivity contribution is -0.121. The van der Waals surface area contributed by atoms with Gasteiger partial charge in [0, 0.05) is 97.6 Å². The molecular formula is C90H160N14O. The topological polar surface area (TPSA) is 197 Å². The first-order chi connectivity index (χ1) is 50.6. The molecule has 15 nitrogen and oxygen atoms in total. The second-order valence-electron chi connectivity index (χ2n) is 24.3. The molecule has 1 aromatic carbocycles. The predicted octanol–water partition coefficient (Wildman–Crippen LogP) is 25.8.